The molecule has 2 rings (SSSR count). The fourth-order valence-corrected chi connectivity index (χ4v) is 2.05. The molecule has 0 aliphatic heterocycles. The van der Waals surface area contributed by atoms with Crippen LogP contribution < -0.4 is 5.32 Å². The number of nitriles is 1. The fraction of sp³-hybridized carbons (Fsp3) is 0.417. The third kappa shape index (κ3) is 2.79. The highest BCUT2D eigenvalue weighted by atomic mass is 79.9. The molecule has 0 amide bonds. The Morgan fingerprint density at radius 1 is 1.58 bits per heavy atom. The Hall–Kier alpha value is -1.81. The molecule has 2 aromatic heterocycles. The number of anilines is 1. The Labute approximate surface area is 119 Å². The highest BCUT2D eigenvalue weighted by Crippen LogP contribution is 2.21. The van der Waals surface area contributed by atoms with Gasteiger partial charge in [0.1, 0.15) is 16.2 Å². The minimum Gasteiger partial charge on any atom is -0.363 e. The average molecular weight is 323 g/mol. The van der Waals surface area contributed by atoms with E-state index in [-0.39, 0.29) is 0 Å². The van der Waals surface area contributed by atoms with E-state index in [1.807, 2.05) is 17.8 Å². The zero-order chi connectivity index (χ0) is 14.0. The molecule has 100 valence electrons. The molecule has 0 saturated heterocycles. The molecule has 0 radical (unpaired) electrons. The van der Waals surface area contributed by atoms with Gasteiger partial charge in [-0.05, 0) is 36.7 Å². The van der Waals surface area contributed by atoms with Crippen LogP contribution in [0.1, 0.15) is 36.7 Å². The van der Waals surface area contributed by atoms with E-state index in [9.17, 15) is 0 Å². The van der Waals surface area contributed by atoms with Crippen molar-refractivity contribution in [2.45, 2.75) is 33.4 Å². The number of rotatable bonds is 4. The maximum absolute atomic E-state index is 9.02. The number of aromatic amines is 1. The number of nitrogens with one attached hydrogen (secondary N) is 2. The summed E-state index contributed by atoms with van der Waals surface area (Å²) in [5.41, 5.74) is 2.56. The molecule has 2 heterocycles. The summed E-state index contributed by atoms with van der Waals surface area (Å²) in [6.07, 6.45) is 2.01. The van der Waals surface area contributed by atoms with Crippen LogP contribution in [-0.2, 0) is 6.54 Å². The van der Waals surface area contributed by atoms with Gasteiger partial charge in [0.2, 0.25) is 0 Å². The number of hydrogen-bond donors (Lipinski definition) is 2. The molecule has 6 nitrogen and oxygen atoms in total. The van der Waals surface area contributed by atoms with Crippen molar-refractivity contribution in [1.82, 2.24) is 20.0 Å². The molecular weight excluding hydrogens is 308 g/mol. The Morgan fingerprint density at radius 3 is 2.89 bits per heavy atom. The van der Waals surface area contributed by atoms with Crippen molar-refractivity contribution in [3.63, 3.8) is 0 Å². The third-order valence-electron chi connectivity index (χ3n) is 2.83. The van der Waals surface area contributed by atoms with Crippen molar-refractivity contribution < 1.29 is 0 Å². The topological polar surface area (TPSA) is 82.3 Å². The SMILES string of the molecule is Cc1nn(C(C)C)cc1CNc1n[nH]c(Br)c1C#N. The molecule has 0 unspecified atom stereocenters. The van der Waals surface area contributed by atoms with Crippen LogP contribution in [-0.4, -0.2) is 20.0 Å². The van der Waals surface area contributed by atoms with Crippen LogP contribution >= 0.6 is 15.9 Å². The Morgan fingerprint density at radius 2 is 2.32 bits per heavy atom. The van der Waals surface area contributed by atoms with Gasteiger partial charge in [-0.25, -0.2) is 0 Å². The smallest absolute Gasteiger partial charge is 0.167 e. The lowest BCUT2D eigenvalue weighted by Gasteiger charge is -2.03. The molecule has 0 spiro atoms. The van der Waals surface area contributed by atoms with Crippen LogP contribution in [0.2, 0.25) is 0 Å². The molecule has 2 N–H and O–H groups in total. The van der Waals surface area contributed by atoms with E-state index in [1.54, 1.807) is 0 Å². The molecule has 0 atom stereocenters. The van der Waals surface area contributed by atoms with Gasteiger partial charge in [-0.15, -0.1) is 0 Å². The van der Waals surface area contributed by atoms with Crippen molar-refractivity contribution in [3.8, 4) is 6.07 Å². The molecule has 7 heteroatoms. The first kappa shape index (κ1) is 13.6. The second kappa shape index (κ2) is 5.45. The van der Waals surface area contributed by atoms with Crippen LogP contribution in [0.4, 0.5) is 5.82 Å². The summed E-state index contributed by atoms with van der Waals surface area (Å²) in [5, 5.41) is 23.4. The van der Waals surface area contributed by atoms with E-state index in [2.05, 4.69) is 56.5 Å². The second-order valence-corrected chi connectivity index (χ2v) is 5.33. The van der Waals surface area contributed by atoms with Gasteiger partial charge in [0.05, 0.1) is 5.69 Å². The largest absolute Gasteiger partial charge is 0.363 e. The number of nitrogens with zero attached hydrogens (tertiary/aromatic N) is 4. The van der Waals surface area contributed by atoms with Crippen LogP contribution in [0, 0.1) is 18.3 Å². The maximum atomic E-state index is 9.02. The second-order valence-electron chi connectivity index (χ2n) is 4.54. The minimum absolute atomic E-state index is 0.335. The summed E-state index contributed by atoms with van der Waals surface area (Å²) in [4.78, 5) is 0. The summed E-state index contributed by atoms with van der Waals surface area (Å²) < 4.78 is 2.52. The van der Waals surface area contributed by atoms with Gasteiger partial charge in [-0.2, -0.15) is 15.5 Å². The van der Waals surface area contributed by atoms with E-state index >= 15 is 0 Å². The number of halogens is 1. The first-order chi connectivity index (χ1) is 9.02. The Kier molecular flexibility index (Phi) is 3.90. The molecule has 19 heavy (non-hydrogen) atoms. The van der Waals surface area contributed by atoms with Crippen molar-refractivity contribution in [2.24, 2.45) is 0 Å². The van der Waals surface area contributed by atoms with Gasteiger partial charge < -0.3 is 5.32 Å². The van der Waals surface area contributed by atoms with Crippen molar-refractivity contribution >= 4 is 21.7 Å². The molecule has 0 aliphatic rings. The lowest BCUT2D eigenvalue weighted by atomic mass is 10.2. The lowest BCUT2D eigenvalue weighted by Crippen LogP contribution is -2.02. The molecule has 2 aromatic rings. The Bertz CT molecular complexity index is 619. The van der Waals surface area contributed by atoms with E-state index in [4.69, 9.17) is 5.26 Å². The monoisotopic (exact) mass is 322 g/mol. The molecule has 0 saturated carbocycles. The van der Waals surface area contributed by atoms with Gasteiger partial charge in [-0.1, -0.05) is 0 Å². The normalized spacial score (nSPS) is 10.7. The highest BCUT2D eigenvalue weighted by Gasteiger charge is 2.12. The fourth-order valence-electron chi connectivity index (χ4n) is 1.69. The van der Waals surface area contributed by atoms with E-state index in [0.29, 0.717) is 28.6 Å². The Balaban J connectivity index is 2.13. The molecule has 0 fully saturated rings. The summed E-state index contributed by atoms with van der Waals surface area (Å²) >= 11 is 3.24. The van der Waals surface area contributed by atoms with Gasteiger partial charge >= 0.3 is 0 Å². The number of hydrogen-bond acceptors (Lipinski definition) is 4. The highest BCUT2D eigenvalue weighted by molar-refractivity contribution is 9.10. The number of aromatic nitrogens is 4. The molecular formula is C12H15BrN6. The predicted octanol–water partition coefficient (Wildman–Crippen LogP) is 2.74. The number of H-pyrrole nitrogens is 1. The van der Waals surface area contributed by atoms with E-state index < -0.39 is 0 Å². The lowest BCUT2D eigenvalue weighted by molar-refractivity contribution is 0.529. The first-order valence-electron chi connectivity index (χ1n) is 5.95. The summed E-state index contributed by atoms with van der Waals surface area (Å²) in [7, 11) is 0. The van der Waals surface area contributed by atoms with Gasteiger partial charge in [0.15, 0.2) is 5.82 Å². The van der Waals surface area contributed by atoms with Gasteiger partial charge in [0.25, 0.3) is 0 Å². The van der Waals surface area contributed by atoms with Crippen molar-refractivity contribution in [1.29, 1.82) is 5.26 Å². The zero-order valence-electron chi connectivity index (χ0n) is 11.0. The maximum Gasteiger partial charge on any atom is 0.167 e. The van der Waals surface area contributed by atoms with E-state index in [1.165, 1.54) is 0 Å². The standard InChI is InChI=1S/C12H15BrN6/c1-7(2)19-6-9(8(3)18-19)5-15-12-10(4-14)11(13)16-17-12/h6-7H,5H2,1-3H3,(H2,15,16,17). The summed E-state index contributed by atoms with van der Waals surface area (Å²) in [6.45, 7) is 6.73. The summed E-state index contributed by atoms with van der Waals surface area (Å²) in [5.74, 6) is 0.547. The van der Waals surface area contributed by atoms with Crippen LogP contribution in [0.25, 0.3) is 0 Å². The number of aryl methyl sites for hydroxylation is 1. The first-order valence-corrected chi connectivity index (χ1v) is 6.74. The van der Waals surface area contributed by atoms with Crippen LogP contribution in [0.3, 0.4) is 0 Å². The predicted molar refractivity (Wildman–Crippen MR) is 75.7 cm³/mol. The van der Waals surface area contributed by atoms with Crippen LogP contribution in [0.15, 0.2) is 10.8 Å². The van der Waals surface area contributed by atoms with Crippen molar-refractivity contribution in [2.75, 3.05) is 5.32 Å². The quantitative estimate of drug-likeness (QED) is 0.906. The third-order valence-corrected chi connectivity index (χ3v) is 3.40. The van der Waals surface area contributed by atoms with Gasteiger partial charge in [-0.3, -0.25) is 9.78 Å². The van der Waals surface area contributed by atoms with Crippen molar-refractivity contribution in [3.05, 3.63) is 27.6 Å². The average Bonchev–Trinajstić information content (AvgIpc) is 2.90. The van der Waals surface area contributed by atoms with Gasteiger partial charge in [0, 0.05) is 24.3 Å². The molecule has 0 aromatic carbocycles. The van der Waals surface area contributed by atoms with Crippen LogP contribution in [0.5, 0.6) is 0 Å². The zero-order valence-corrected chi connectivity index (χ0v) is 12.6. The van der Waals surface area contributed by atoms with E-state index in [0.717, 1.165) is 11.3 Å². The molecule has 0 bridgehead atoms. The minimum atomic E-state index is 0.335. The summed E-state index contributed by atoms with van der Waals surface area (Å²) in [6, 6.07) is 2.43. The molecule has 0 aliphatic carbocycles.